The van der Waals surface area contributed by atoms with Crippen LogP contribution in [-0.4, -0.2) is 29.4 Å². The largest absolute Gasteiger partial charge is 0.490 e. The maximum atomic E-state index is 12.0. The third-order valence-corrected chi connectivity index (χ3v) is 4.12. The van der Waals surface area contributed by atoms with Gasteiger partial charge in [0.15, 0.2) is 11.5 Å². The summed E-state index contributed by atoms with van der Waals surface area (Å²) in [5, 5.41) is 14.5. The number of amides is 2. The molecule has 3 rings (SSSR count). The third kappa shape index (κ3) is 3.89. The number of hydrogen-bond acceptors (Lipinski definition) is 6. The second-order valence-electron chi connectivity index (χ2n) is 5.20. The summed E-state index contributed by atoms with van der Waals surface area (Å²) in [6, 6.07) is 5.20. The van der Waals surface area contributed by atoms with E-state index in [4.69, 9.17) is 9.47 Å². The summed E-state index contributed by atoms with van der Waals surface area (Å²) in [5.74, 6) is 1.46. The highest BCUT2D eigenvalue weighted by Gasteiger charge is 2.15. The zero-order valence-electron chi connectivity index (χ0n) is 13.0. The highest BCUT2D eigenvalue weighted by atomic mass is 32.1. The summed E-state index contributed by atoms with van der Waals surface area (Å²) in [6.07, 6.45) is 0.863. The van der Waals surface area contributed by atoms with Crippen molar-refractivity contribution in [1.29, 1.82) is 0 Å². The summed E-state index contributed by atoms with van der Waals surface area (Å²) < 4.78 is 11.3. The van der Waals surface area contributed by atoms with Crippen LogP contribution in [0.25, 0.3) is 0 Å². The average Bonchev–Trinajstić information content (AvgIpc) is 2.79. The molecule has 2 N–H and O–H groups in total. The van der Waals surface area contributed by atoms with Gasteiger partial charge in [0.2, 0.25) is 5.13 Å². The number of ether oxygens (including phenoxy) is 2. The number of nitrogens with one attached hydrogen (secondary N) is 2. The van der Waals surface area contributed by atoms with Crippen molar-refractivity contribution >= 4 is 22.5 Å². The molecule has 122 valence electrons. The lowest BCUT2D eigenvalue weighted by atomic mass is 10.1. The van der Waals surface area contributed by atoms with Crippen LogP contribution in [0.15, 0.2) is 18.2 Å². The lowest BCUT2D eigenvalue weighted by Crippen LogP contribution is -2.31. The minimum Gasteiger partial charge on any atom is -0.490 e. The first-order valence-corrected chi connectivity index (χ1v) is 8.20. The summed E-state index contributed by atoms with van der Waals surface area (Å²) in [5.41, 5.74) is 0.942. The number of anilines is 1. The Hall–Kier alpha value is -2.35. The van der Waals surface area contributed by atoms with Crippen LogP contribution in [0.3, 0.4) is 0 Å². The van der Waals surface area contributed by atoms with Crippen LogP contribution in [0, 0.1) is 6.92 Å². The van der Waals surface area contributed by atoms with Crippen molar-refractivity contribution in [3.63, 3.8) is 0 Å². The van der Waals surface area contributed by atoms with E-state index < -0.39 is 0 Å². The number of rotatable bonds is 3. The first-order chi connectivity index (χ1) is 11.1. The number of hydrogen-bond donors (Lipinski definition) is 2. The molecule has 1 aliphatic rings. The Morgan fingerprint density at radius 1 is 1.26 bits per heavy atom. The van der Waals surface area contributed by atoms with E-state index in [1.54, 1.807) is 0 Å². The van der Waals surface area contributed by atoms with Crippen molar-refractivity contribution < 1.29 is 14.3 Å². The standard InChI is InChI=1S/C15H18N4O3S/c1-9(16-14(20)17-15-19-18-10(2)23-15)11-4-5-12-13(8-11)22-7-3-6-21-12/h4-5,8-9H,3,6-7H2,1-2H3,(H2,16,17,19,20)/t9-/m1/s1. The Morgan fingerprint density at radius 3 is 2.78 bits per heavy atom. The van der Waals surface area contributed by atoms with Crippen molar-refractivity contribution in [1.82, 2.24) is 15.5 Å². The fourth-order valence-corrected chi connectivity index (χ4v) is 2.80. The maximum absolute atomic E-state index is 12.0. The number of urea groups is 1. The van der Waals surface area contributed by atoms with Gasteiger partial charge in [-0.3, -0.25) is 5.32 Å². The molecule has 7 nitrogen and oxygen atoms in total. The molecule has 0 aliphatic carbocycles. The monoisotopic (exact) mass is 334 g/mol. The molecule has 1 atom stereocenters. The number of carbonyl (C=O) groups excluding carboxylic acids is 1. The summed E-state index contributed by atoms with van der Waals surface area (Å²) in [7, 11) is 0. The molecule has 1 aromatic carbocycles. The van der Waals surface area contributed by atoms with E-state index in [-0.39, 0.29) is 12.1 Å². The van der Waals surface area contributed by atoms with E-state index in [1.807, 2.05) is 32.0 Å². The smallest absolute Gasteiger partial charge is 0.321 e. The molecule has 2 amide bonds. The number of benzene rings is 1. The SMILES string of the molecule is Cc1nnc(NC(=O)N[C@H](C)c2ccc3c(c2)OCCCO3)s1. The summed E-state index contributed by atoms with van der Waals surface area (Å²) in [4.78, 5) is 12.0. The quantitative estimate of drug-likeness (QED) is 0.901. The Labute approximate surface area is 138 Å². The molecule has 0 saturated carbocycles. The van der Waals surface area contributed by atoms with Gasteiger partial charge in [0.05, 0.1) is 19.3 Å². The highest BCUT2D eigenvalue weighted by Crippen LogP contribution is 2.32. The number of nitrogens with zero attached hydrogens (tertiary/aromatic N) is 2. The van der Waals surface area contributed by atoms with E-state index >= 15 is 0 Å². The Morgan fingerprint density at radius 2 is 2.04 bits per heavy atom. The molecule has 1 aromatic heterocycles. The van der Waals surface area contributed by atoms with Gasteiger partial charge in [-0.2, -0.15) is 0 Å². The maximum Gasteiger partial charge on any atom is 0.321 e. The molecule has 0 bridgehead atoms. The minimum absolute atomic E-state index is 0.179. The molecule has 2 heterocycles. The molecule has 0 fully saturated rings. The van der Waals surface area contributed by atoms with E-state index in [1.165, 1.54) is 11.3 Å². The van der Waals surface area contributed by atoms with Crippen LogP contribution >= 0.6 is 11.3 Å². The van der Waals surface area contributed by atoms with Gasteiger partial charge in [0, 0.05) is 6.42 Å². The van der Waals surface area contributed by atoms with Gasteiger partial charge in [0.1, 0.15) is 5.01 Å². The number of aryl methyl sites for hydroxylation is 1. The van der Waals surface area contributed by atoms with Crippen LogP contribution in [0.1, 0.15) is 30.0 Å². The molecule has 8 heteroatoms. The lowest BCUT2D eigenvalue weighted by Gasteiger charge is -2.16. The molecule has 0 spiro atoms. The van der Waals surface area contributed by atoms with E-state index in [9.17, 15) is 4.79 Å². The van der Waals surface area contributed by atoms with Gasteiger partial charge in [-0.15, -0.1) is 10.2 Å². The topological polar surface area (TPSA) is 85.4 Å². The van der Waals surface area contributed by atoms with E-state index in [2.05, 4.69) is 20.8 Å². The van der Waals surface area contributed by atoms with Crippen LogP contribution in [-0.2, 0) is 0 Å². The van der Waals surface area contributed by atoms with Crippen LogP contribution in [0.5, 0.6) is 11.5 Å². The number of carbonyl (C=O) groups is 1. The average molecular weight is 334 g/mol. The van der Waals surface area contributed by atoms with Gasteiger partial charge < -0.3 is 14.8 Å². The molecule has 0 radical (unpaired) electrons. The predicted molar refractivity (Wildman–Crippen MR) is 87.3 cm³/mol. The van der Waals surface area contributed by atoms with Gasteiger partial charge in [0.25, 0.3) is 0 Å². The van der Waals surface area contributed by atoms with Gasteiger partial charge in [-0.05, 0) is 31.5 Å². The Balaban J connectivity index is 1.64. The van der Waals surface area contributed by atoms with Crippen molar-refractivity contribution in [2.45, 2.75) is 26.3 Å². The summed E-state index contributed by atoms with van der Waals surface area (Å²) >= 11 is 1.33. The Bertz CT molecular complexity index is 704. The number of aromatic nitrogens is 2. The second kappa shape index (κ2) is 6.82. The summed E-state index contributed by atoms with van der Waals surface area (Å²) in [6.45, 7) is 5.03. The van der Waals surface area contributed by atoms with Crippen molar-refractivity contribution in [2.75, 3.05) is 18.5 Å². The second-order valence-corrected chi connectivity index (χ2v) is 6.38. The normalized spacial score (nSPS) is 14.7. The predicted octanol–water partition coefficient (Wildman–Crippen LogP) is 2.89. The lowest BCUT2D eigenvalue weighted by molar-refractivity contribution is 0.249. The first-order valence-electron chi connectivity index (χ1n) is 7.39. The molecule has 2 aromatic rings. The van der Waals surface area contributed by atoms with Crippen molar-refractivity contribution in [3.05, 3.63) is 28.8 Å². The van der Waals surface area contributed by atoms with Crippen molar-refractivity contribution in [2.24, 2.45) is 0 Å². The fourth-order valence-electron chi connectivity index (χ4n) is 2.21. The van der Waals surface area contributed by atoms with Gasteiger partial charge in [-0.1, -0.05) is 17.4 Å². The molecule has 0 unspecified atom stereocenters. The first kappa shape index (κ1) is 15.5. The molecular weight excluding hydrogens is 316 g/mol. The van der Waals surface area contributed by atoms with E-state index in [0.717, 1.165) is 22.7 Å². The zero-order chi connectivity index (χ0) is 16.2. The molecule has 0 saturated heterocycles. The number of fused-ring (bicyclic) bond motifs is 1. The van der Waals surface area contributed by atoms with Gasteiger partial charge >= 0.3 is 6.03 Å². The van der Waals surface area contributed by atoms with Crippen LogP contribution in [0.4, 0.5) is 9.93 Å². The third-order valence-electron chi connectivity index (χ3n) is 3.37. The Kier molecular flexibility index (Phi) is 4.61. The fraction of sp³-hybridized carbons (Fsp3) is 0.400. The highest BCUT2D eigenvalue weighted by molar-refractivity contribution is 7.15. The van der Waals surface area contributed by atoms with Crippen LogP contribution < -0.4 is 20.1 Å². The van der Waals surface area contributed by atoms with Gasteiger partial charge in [-0.25, -0.2) is 4.79 Å². The zero-order valence-corrected chi connectivity index (χ0v) is 13.8. The molecule has 1 aliphatic heterocycles. The molecular formula is C15H18N4O3S. The van der Waals surface area contributed by atoms with Crippen molar-refractivity contribution in [3.8, 4) is 11.5 Å². The molecule has 23 heavy (non-hydrogen) atoms. The van der Waals surface area contributed by atoms with Crippen LogP contribution in [0.2, 0.25) is 0 Å². The van der Waals surface area contributed by atoms with E-state index in [0.29, 0.717) is 24.1 Å². The minimum atomic E-state index is -0.319.